The quantitative estimate of drug-likeness (QED) is 0.316. The fourth-order valence-corrected chi connectivity index (χ4v) is 3.08. The molecule has 0 spiro atoms. The van der Waals surface area contributed by atoms with Gasteiger partial charge in [-0.15, -0.1) is 24.0 Å². The van der Waals surface area contributed by atoms with Crippen molar-refractivity contribution in [3.8, 4) is 0 Å². The predicted octanol–water partition coefficient (Wildman–Crippen LogP) is 3.43. The van der Waals surface area contributed by atoms with Crippen LogP contribution < -0.4 is 5.32 Å². The number of piperidine rings is 1. The lowest BCUT2D eigenvalue weighted by molar-refractivity contribution is 0.272. The maximum absolute atomic E-state index is 4.44. The number of halogens is 1. The first-order chi connectivity index (χ1) is 11.2. The molecule has 0 unspecified atom stereocenters. The molecule has 0 bridgehead atoms. The van der Waals surface area contributed by atoms with Gasteiger partial charge in [-0.3, -0.25) is 4.99 Å². The Morgan fingerprint density at radius 3 is 2.54 bits per heavy atom. The minimum absolute atomic E-state index is 0. The van der Waals surface area contributed by atoms with Gasteiger partial charge in [0, 0.05) is 33.2 Å². The van der Waals surface area contributed by atoms with Crippen molar-refractivity contribution in [1.29, 1.82) is 0 Å². The Balaban J connectivity index is 0.00000288. The molecule has 1 aromatic rings. The van der Waals surface area contributed by atoms with E-state index in [-0.39, 0.29) is 24.0 Å². The summed E-state index contributed by atoms with van der Waals surface area (Å²) < 4.78 is 0. The molecular formula is C19H33IN4. The summed E-state index contributed by atoms with van der Waals surface area (Å²) >= 11 is 0. The van der Waals surface area contributed by atoms with Crippen LogP contribution in [0.1, 0.15) is 31.7 Å². The average molecular weight is 444 g/mol. The summed E-state index contributed by atoms with van der Waals surface area (Å²) in [5.74, 6) is 1.93. The van der Waals surface area contributed by atoms with Gasteiger partial charge in [0.05, 0.1) is 0 Å². The van der Waals surface area contributed by atoms with Crippen LogP contribution in [-0.2, 0) is 6.54 Å². The molecule has 1 heterocycles. The number of benzene rings is 1. The Hall–Kier alpha value is -0.820. The first-order valence-corrected chi connectivity index (χ1v) is 8.87. The summed E-state index contributed by atoms with van der Waals surface area (Å²) in [7, 11) is 4.08. The Kier molecular flexibility index (Phi) is 10.3. The summed E-state index contributed by atoms with van der Waals surface area (Å²) in [4.78, 5) is 9.21. The summed E-state index contributed by atoms with van der Waals surface area (Å²) in [5.41, 5.74) is 1.38. The Labute approximate surface area is 164 Å². The molecule has 1 N–H and O–H groups in total. The highest BCUT2D eigenvalue weighted by molar-refractivity contribution is 14.0. The number of nitrogens with one attached hydrogen (secondary N) is 1. The van der Waals surface area contributed by atoms with E-state index >= 15 is 0 Å². The molecule has 0 atom stereocenters. The van der Waals surface area contributed by atoms with Gasteiger partial charge in [-0.2, -0.15) is 0 Å². The Morgan fingerprint density at radius 2 is 1.92 bits per heavy atom. The summed E-state index contributed by atoms with van der Waals surface area (Å²) in [6, 6.07) is 10.7. The molecule has 136 valence electrons. The molecule has 0 radical (unpaired) electrons. The van der Waals surface area contributed by atoms with Crippen LogP contribution in [0.15, 0.2) is 35.3 Å². The first-order valence-electron chi connectivity index (χ1n) is 8.87. The van der Waals surface area contributed by atoms with Crippen LogP contribution in [0.2, 0.25) is 0 Å². The molecule has 1 fully saturated rings. The molecule has 0 aliphatic carbocycles. The molecule has 2 rings (SSSR count). The van der Waals surface area contributed by atoms with Crippen molar-refractivity contribution in [1.82, 2.24) is 15.1 Å². The molecule has 4 nitrogen and oxygen atoms in total. The van der Waals surface area contributed by atoms with Gasteiger partial charge >= 0.3 is 0 Å². The highest BCUT2D eigenvalue weighted by atomic mass is 127. The maximum Gasteiger partial charge on any atom is 0.193 e. The van der Waals surface area contributed by atoms with E-state index in [0.29, 0.717) is 0 Å². The van der Waals surface area contributed by atoms with E-state index in [1.165, 1.54) is 18.4 Å². The predicted molar refractivity (Wildman–Crippen MR) is 114 cm³/mol. The van der Waals surface area contributed by atoms with Crippen molar-refractivity contribution in [3.05, 3.63) is 35.9 Å². The monoisotopic (exact) mass is 444 g/mol. The van der Waals surface area contributed by atoms with Gasteiger partial charge < -0.3 is 15.1 Å². The van der Waals surface area contributed by atoms with Gasteiger partial charge in [0.25, 0.3) is 0 Å². The minimum atomic E-state index is 0. The van der Waals surface area contributed by atoms with Gasteiger partial charge in [-0.1, -0.05) is 37.3 Å². The standard InChI is InChI=1S/C19H32N4.HI/c1-17-10-14-23(15-11-17)19(20-2)21-12-7-13-22(3)16-18-8-5-4-6-9-18;/h4-6,8-9,17H,7,10-16H2,1-3H3,(H,20,21);1H. The van der Waals surface area contributed by atoms with Crippen molar-refractivity contribution in [2.24, 2.45) is 10.9 Å². The highest BCUT2D eigenvalue weighted by Crippen LogP contribution is 2.15. The summed E-state index contributed by atoms with van der Waals surface area (Å²) in [6.45, 7) is 7.70. The zero-order valence-corrected chi connectivity index (χ0v) is 17.7. The Morgan fingerprint density at radius 1 is 1.25 bits per heavy atom. The van der Waals surface area contributed by atoms with Crippen molar-refractivity contribution in [2.45, 2.75) is 32.7 Å². The number of hydrogen-bond donors (Lipinski definition) is 1. The van der Waals surface area contributed by atoms with E-state index in [2.05, 4.69) is 64.4 Å². The topological polar surface area (TPSA) is 30.9 Å². The van der Waals surface area contributed by atoms with Gasteiger partial charge in [0.1, 0.15) is 0 Å². The SMILES string of the molecule is CN=C(NCCCN(C)Cc1ccccc1)N1CCC(C)CC1.I. The zero-order chi connectivity index (χ0) is 16.5. The third kappa shape index (κ3) is 7.38. The van der Waals surface area contributed by atoms with Crippen molar-refractivity contribution in [3.63, 3.8) is 0 Å². The van der Waals surface area contributed by atoms with E-state index in [0.717, 1.165) is 51.0 Å². The lowest BCUT2D eigenvalue weighted by atomic mass is 10.00. The number of hydrogen-bond acceptors (Lipinski definition) is 2. The number of nitrogens with zero attached hydrogens (tertiary/aromatic N) is 3. The lowest BCUT2D eigenvalue weighted by Gasteiger charge is -2.33. The van der Waals surface area contributed by atoms with Gasteiger partial charge in [-0.25, -0.2) is 0 Å². The zero-order valence-electron chi connectivity index (χ0n) is 15.4. The molecule has 1 saturated heterocycles. The largest absolute Gasteiger partial charge is 0.356 e. The maximum atomic E-state index is 4.44. The number of rotatable bonds is 6. The summed E-state index contributed by atoms with van der Waals surface area (Å²) in [5, 5.41) is 3.52. The van der Waals surface area contributed by atoms with E-state index in [1.54, 1.807) is 0 Å². The second-order valence-electron chi connectivity index (χ2n) is 6.72. The fourth-order valence-electron chi connectivity index (χ4n) is 3.08. The molecule has 1 aliphatic heterocycles. The second-order valence-corrected chi connectivity index (χ2v) is 6.72. The molecule has 5 heteroatoms. The third-order valence-corrected chi connectivity index (χ3v) is 4.59. The van der Waals surface area contributed by atoms with E-state index < -0.39 is 0 Å². The smallest absolute Gasteiger partial charge is 0.193 e. The molecule has 24 heavy (non-hydrogen) atoms. The van der Waals surface area contributed by atoms with Crippen LogP contribution in [0, 0.1) is 5.92 Å². The summed E-state index contributed by atoms with van der Waals surface area (Å²) in [6.07, 6.45) is 3.69. The van der Waals surface area contributed by atoms with Gasteiger partial charge in [0.15, 0.2) is 5.96 Å². The normalized spacial score (nSPS) is 16.2. The lowest BCUT2D eigenvalue weighted by Crippen LogP contribution is -2.45. The minimum Gasteiger partial charge on any atom is -0.356 e. The van der Waals surface area contributed by atoms with Crippen molar-refractivity contribution >= 4 is 29.9 Å². The van der Waals surface area contributed by atoms with Crippen LogP contribution in [0.4, 0.5) is 0 Å². The van der Waals surface area contributed by atoms with Crippen LogP contribution in [0.3, 0.4) is 0 Å². The van der Waals surface area contributed by atoms with Crippen molar-refractivity contribution < 1.29 is 0 Å². The molecule has 0 amide bonds. The van der Waals surface area contributed by atoms with Crippen molar-refractivity contribution in [2.75, 3.05) is 40.3 Å². The van der Waals surface area contributed by atoms with Gasteiger partial charge in [0.2, 0.25) is 0 Å². The van der Waals surface area contributed by atoms with E-state index in [9.17, 15) is 0 Å². The molecular weight excluding hydrogens is 411 g/mol. The van der Waals surface area contributed by atoms with Crippen LogP contribution in [-0.4, -0.2) is 56.0 Å². The number of guanidine groups is 1. The second kappa shape index (κ2) is 11.7. The third-order valence-electron chi connectivity index (χ3n) is 4.59. The average Bonchev–Trinajstić information content (AvgIpc) is 2.57. The Bertz CT molecular complexity index is 470. The number of likely N-dealkylation sites (tertiary alicyclic amines) is 1. The van der Waals surface area contributed by atoms with Gasteiger partial charge in [-0.05, 0) is 44.3 Å². The first kappa shape index (κ1) is 21.2. The highest BCUT2D eigenvalue weighted by Gasteiger charge is 2.18. The van der Waals surface area contributed by atoms with E-state index in [1.807, 2.05) is 7.05 Å². The van der Waals surface area contributed by atoms with Crippen LogP contribution in [0.25, 0.3) is 0 Å². The molecule has 1 aromatic carbocycles. The number of aliphatic imine (C=N–C) groups is 1. The van der Waals surface area contributed by atoms with Crippen LogP contribution >= 0.6 is 24.0 Å². The fraction of sp³-hybridized carbons (Fsp3) is 0.632. The molecule has 0 saturated carbocycles. The molecule has 0 aromatic heterocycles. The van der Waals surface area contributed by atoms with E-state index in [4.69, 9.17) is 0 Å². The van der Waals surface area contributed by atoms with Crippen LogP contribution in [0.5, 0.6) is 0 Å². The molecule has 1 aliphatic rings.